The Labute approximate surface area is 306 Å². The van der Waals surface area contributed by atoms with E-state index in [-0.39, 0.29) is 87.3 Å². The Morgan fingerprint density at radius 1 is 1.04 bits per heavy atom. The number of hydrogen-bond donors (Lipinski definition) is 4. The van der Waals surface area contributed by atoms with E-state index in [0.29, 0.717) is 29.7 Å². The molecular formula is C37H67N3O11. The van der Waals surface area contributed by atoms with Crippen LogP contribution in [0.5, 0.6) is 5.75 Å². The zero-order chi connectivity index (χ0) is 38.6. The molecule has 1 aromatic rings. The highest BCUT2D eigenvalue weighted by Crippen LogP contribution is 2.43. The summed E-state index contributed by atoms with van der Waals surface area (Å²) in [6.07, 6.45) is 0.0150. The highest BCUT2D eigenvalue weighted by atomic mass is 16.7. The summed E-state index contributed by atoms with van der Waals surface area (Å²) in [4.78, 5) is 66.6. The number of aliphatic hydroxyl groups excluding tert-OH is 2. The van der Waals surface area contributed by atoms with Gasteiger partial charge in [0.25, 0.3) is 0 Å². The molecular weight excluding hydrogens is 662 g/mol. The normalized spacial score (nSPS) is 15.2. The number of aliphatic hydroxyl groups is 2. The molecule has 296 valence electrons. The molecule has 3 unspecified atom stereocenters. The summed E-state index contributed by atoms with van der Waals surface area (Å²) < 4.78 is 10.4. The molecule has 14 heteroatoms. The molecule has 14 nitrogen and oxygen atoms in total. The quantitative estimate of drug-likeness (QED) is 0.115. The number of aromatic hydroxyl groups is 1. The summed E-state index contributed by atoms with van der Waals surface area (Å²) in [6, 6.07) is 1.74. The molecule has 0 bridgehead atoms. The van der Waals surface area contributed by atoms with Crippen LogP contribution in [0.25, 0.3) is 0 Å². The van der Waals surface area contributed by atoms with Crippen molar-refractivity contribution in [3.63, 3.8) is 0 Å². The van der Waals surface area contributed by atoms with E-state index in [2.05, 4.69) is 5.32 Å². The van der Waals surface area contributed by atoms with Crippen LogP contribution in [0.3, 0.4) is 0 Å². The fraction of sp³-hybridized carbons (Fsp3) is 0.703. The van der Waals surface area contributed by atoms with Gasteiger partial charge < -0.3 is 45.4 Å². The lowest BCUT2D eigenvalue weighted by molar-refractivity contribution is -0.162. The van der Waals surface area contributed by atoms with Gasteiger partial charge in [0.2, 0.25) is 6.79 Å². The Hall–Kier alpha value is -3.59. The van der Waals surface area contributed by atoms with Crippen molar-refractivity contribution >= 4 is 35.1 Å². The number of amides is 1. The number of Topliss-reactive ketones (excluding diaryl/α,β-unsaturated/α-hetero) is 3. The monoisotopic (exact) mass is 729 g/mol. The van der Waals surface area contributed by atoms with Crippen LogP contribution in [0, 0.1) is 28.6 Å². The Morgan fingerprint density at radius 2 is 1.63 bits per heavy atom. The first-order valence-corrected chi connectivity index (χ1v) is 17.1. The Morgan fingerprint density at radius 3 is 2.10 bits per heavy atom. The predicted molar refractivity (Wildman–Crippen MR) is 199 cm³/mol. The average molecular weight is 730 g/mol. The third kappa shape index (κ3) is 14.9. The van der Waals surface area contributed by atoms with Gasteiger partial charge in [-0.1, -0.05) is 20.8 Å². The van der Waals surface area contributed by atoms with E-state index in [0.717, 1.165) is 0 Å². The number of phenolic OH excluding ortho intramolecular Hbond substituents is 1. The van der Waals surface area contributed by atoms with E-state index in [1.807, 2.05) is 53.9 Å². The first-order valence-electron chi connectivity index (χ1n) is 17.1. The molecule has 1 aromatic carbocycles. The molecule has 51 heavy (non-hydrogen) atoms. The first kappa shape index (κ1) is 47.4. The Bertz CT molecular complexity index is 1340. The number of nitrogens with zero attached hydrogens (tertiary/aromatic N) is 2. The number of carbonyl (C=O) groups excluding carboxylic acids is 5. The second kappa shape index (κ2) is 21.1. The molecule has 3 atom stereocenters. The number of nitrogens with one attached hydrogen (secondary N) is 1. The second-order valence-electron chi connectivity index (χ2n) is 15.6. The van der Waals surface area contributed by atoms with Gasteiger partial charge in [-0.05, 0) is 89.9 Å². The summed E-state index contributed by atoms with van der Waals surface area (Å²) in [5.74, 6) is -3.25. The van der Waals surface area contributed by atoms with Crippen LogP contribution in [0.4, 0.5) is 10.5 Å². The van der Waals surface area contributed by atoms with Gasteiger partial charge >= 0.3 is 12.1 Å². The Kier molecular flexibility index (Phi) is 19.6. The predicted octanol–water partition coefficient (Wildman–Crippen LogP) is 3.78. The van der Waals surface area contributed by atoms with Crippen LogP contribution in [0.1, 0.15) is 98.5 Å². The summed E-state index contributed by atoms with van der Waals surface area (Å²) >= 11 is 0. The van der Waals surface area contributed by atoms with Crippen LogP contribution in [0.2, 0.25) is 0 Å². The number of rotatable bonds is 15. The molecule has 0 heterocycles. The van der Waals surface area contributed by atoms with Crippen molar-refractivity contribution in [3.05, 3.63) is 22.8 Å². The van der Waals surface area contributed by atoms with E-state index < -0.39 is 42.7 Å². The Balaban J connectivity index is -0.00000402. The molecule has 1 aliphatic carbocycles. The van der Waals surface area contributed by atoms with Gasteiger partial charge in [-0.25, -0.2) is 4.79 Å². The molecule has 0 saturated heterocycles. The highest BCUT2D eigenvalue weighted by Gasteiger charge is 2.37. The van der Waals surface area contributed by atoms with Crippen molar-refractivity contribution in [3.8, 4) is 5.75 Å². The summed E-state index contributed by atoms with van der Waals surface area (Å²) in [5, 5.41) is 34.0. The molecule has 6 N–H and O–H groups in total. The smallest absolute Gasteiger partial charge is 0.412 e. The molecule has 0 saturated carbocycles. The van der Waals surface area contributed by atoms with Gasteiger partial charge in [-0.15, -0.1) is 0 Å². The third-order valence-electron chi connectivity index (χ3n) is 8.20. The van der Waals surface area contributed by atoms with Gasteiger partial charge in [0.05, 0.1) is 30.6 Å². The molecule has 2 rings (SSSR count). The van der Waals surface area contributed by atoms with Gasteiger partial charge in [-0.3, -0.25) is 19.2 Å². The third-order valence-corrected chi connectivity index (χ3v) is 8.20. The van der Waals surface area contributed by atoms with Crippen molar-refractivity contribution < 1.29 is 57.1 Å². The van der Waals surface area contributed by atoms with E-state index in [9.17, 15) is 39.3 Å². The number of fused-ring (bicyclic) bond motifs is 1. The molecule has 0 radical (unpaired) electrons. The second-order valence-corrected chi connectivity index (χ2v) is 15.6. The number of ketones is 3. The number of ether oxygens (including phenoxy) is 2. The fourth-order valence-electron chi connectivity index (χ4n) is 6.04. The number of hydrogen-bond acceptors (Lipinski definition) is 12. The lowest BCUT2D eigenvalue weighted by Crippen LogP contribution is -2.38. The zero-order valence-corrected chi connectivity index (χ0v) is 32.5. The maximum atomic E-state index is 13.7. The standard InChI is InChI=1S/C35H54N2O10.C2H7N.H2O.2H2/c1-21(40)12-28(41)26(18-39)23(10-11-38)13-22-14-25-27(36(8)9)16-24(31(43)30(25)29(42)15-22)17-37(19-34(2,3)4)33(45)47-20-46-32(44)35(5,6)7;1-3-2;;;/h16,22-23,26,38-39,43H,10-15,17-20H2,1-9H3;3H,1-2H3;1H2;2*1H. The van der Waals surface area contributed by atoms with Crippen molar-refractivity contribution in [1.82, 2.24) is 10.2 Å². The van der Waals surface area contributed by atoms with E-state index >= 15 is 0 Å². The van der Waals surface area contributed by atoms with Crippen LogP contribution in [-0.2, 0) is 36.8 Å². The SMILES string of the molecule is CC(=O)CC(=O)C(CO)C(CCO)CC1CC(=O)c2c(O)c(CN(CC(C)(C)C)C(=O)OCOC(=O)C(C)(C)C)cc(N(C)C)c2C1.CNC.O.[HH].[HH]. The maximum Gasteiger partial charge on any atom is 0.412 e. The molecule has 0 spiro atoms. The molecule has 1 aliphatic rings. The van der Waals surface area contributed by atoms with Crippen molar-refractivity contribution in [2.24, 2.45) is 28.6 Å². The van der Waals surface area contributed by atoms with E-state index in [4.69, 9.17) is 9.47 Å². The number of carbonyl (C=O) groups is 5. The first-order chi connectivity index (χ1) is 23.1. The van der Waals surface area contributed by atoms with Crippen LogP contribution >= 0.6 is 0 Å². The number of phenols is 1. The maximum absolute atomic E-state index is 13.7. The van der Waals surface area contributed by atoms with E-state index in [1.165, 1.54) is 11.8 Å². The van der Waals surface area contributed by atoms with Gasteiger partial charge in [-0.2, -0.15) is 0 Å². The zero-order valence-electron chi connectivity index (χ0n) is 32.5. The molecule has 0 fully saturated rings. The fourth-order valence-corrected chi connectivity index (χ4v) is 6.04. The average Bonchev–Trinajstić information content (AvgIpc) is 2.97. The van der Waals surface area contributed by atoms with Gasteiger partial charge in [0, 0.05) is 53.7 Å². The molecule has 0 aliphatic heterocycles. The summed E-state index contributed by atoms with van der Waals surface area (Å²) in [5.41, 5.74) is 0.709. The van der Waals surface area contributed by atoms with E-state index in [1.54, 1.807) is 26.8 Å². The molecule has 0 aromatic heterocycles. The van der Waals surface area contributed by atoms with Crippen molar-refractivity contribution in [1.29, 1.82) is 0 Å². The highest BCUT2D eigenvalue weighted by molar-refractivity contribution is 6.03. The summed E-state index contributed by atoms with van der Waals surface area (Å²) in [7, 11) is 7.37. The summed E-state index contributed by atoms with van der Waals surface area (Å²) in [6.45, 7) is 11.1. The lowest BCUT2D eigenvalue weighted by atomic mass is 9.73. The lowest BCUT2D eigenvalue weighted by Gasteiger charge is -2.34. The van der Waals surface area contributed by atoms with Crippen molar-refractivity contribution in [2.75, 3.05) is 59.6 Å². The number of benzene rings is 1. The minimum atomic E-state index is -0.836. The minimum absolute atomic E-state index is 0. The van der Waals surface area contributed by atoms with Gasteiger partial charge in [0.1, 0.15) is 17.3 Å². The number of esters is 1. The minimum Gasteiger partial charge on any atom is -0.507 e. The topological polar surface area (TPSA) is 215 Å². The van der Waals surface area contributed by atoms with Gasteiger partial charge in [0.15, 0.2) is 5.78 Å². The van der Waals surface area contributed by atoms with Crippen molar-refractivity contribution in [2.45, 2.75) is 87.1 Å². The van der Waals surface area contributed by atoms with Crippen LogP contribution < -0.4 is 10.2 Å². The number of anilines is 1. The van der Waals surface area contributed by atoms with Crippen LogP contribution in [-0.4, -0.2) is 110 Å². The van der Waals surface area contributed by atoms with Crippen LogP contribution in [0.15, 0.2) is 6.07 Å². The largest absolute Gasteiger partial charge is 0.507 e. The molecule has 1 amide bonds.